The maximum Gasteiger partial charge on any atom is 0.0781 e. The first-order valence-corrected chi connectivity index (χ1v) is 7.46. The largest absolute Gasteiger partial charge is 0.389 e. The highest BCUT2D eigenvalue weighted by Crippen LogP contribution is 2.34. The van der Waals surface area contributed by atoms with Crippen LogP contribution in [0, 0.1) is 5.92 Å². The first-order valence-electron chi connectivity index (χ1n) is 7.46. The number of aliphatic hydroxyl groups is 1. The second-order valence-electron chi connectivity index (χ2n) is 6.15. The van der Waals surface area contributed by atoms with Crippen LogP contribution in [0.1, 0.15) is 50.7 Å². The molecule has 1 aromatic carbocycles. The molecule has 1 atom stereocenters. The third-order valence-corrected chi connectivity index (χ3v) is 3.93. The van der Waals surface area contributed by atoms with Crippen LogP contribution in [0.4, 0.5) is 0 Å². The summed E-state index contributed by atoms with van der Waals surface area (Å²) in [5.74, 6) is 0.725. The van der Waals surface area contributed by atoms with E-state index in [1.165, 1.54) is 11.1 Å². The topological polar surface area (TPSA) is 20.2 Å². The van der Waals surface area contributed by atoms with Crippen molar-refractivity contribution in [3.8, 4) is 0 Å². The molecule has 0 fully saturated rings. The number of hydrogen-bond acceptors (Lipinski definition) is 1. The van der Waals surface area contributed by atoms with Crippen LogP contribution in [0.2, 0.25) is 0 Å². The van der Waals surface area contributed by atoms with Crippen LogP contribution in [-0.4, -0.2) is 10.7 Å². The number of benzene rings is 1. The highest BCUT2D eigenvalue weighted by atomic mass is 16.3. The monoisotopic (exact) mass is 272 g/mol. The lowest BCUT2D eigenvalue weighted by molar-refractivity contribution is 0.0229. The van der Waals surface area contributed by atoms with Crippen molar-refractivity contribution in [2.45, 2.75) is 51.6 Å². The van der Waals surface area contributed by atoms with Crippen molar-refractivity contribution < 1.29 is 5.11 Å². The highest BCUT2D eigenvalue weighted by molar-refractivity contribution is 5.28. The molecule has 0 amide bonds. The van der Waals surface area contributed by atoms with Gasteiger partial charge >= 0.3 is 0 Å². The molecule has 0 aliphatic carbocycles. The van der Waals surface area contributed by atoms with E-state index in [1.807, 2.05) is 0 Å². The molecule has 0 radical (unpaired) electrons. The lowest BCUT2D eigenvalue weighted by Crippen LogP contribution is -2.33. The average molecular weight is 272 g/mol. The molecule has 0 saturated heterocycles. The molecule has 110 valence electrons. The Kier molecular flexibility index (Phi) is 6.22. The van der Waals surface area contributed by atoms with Crippen molar-refractivity contribution in [2.24, 2.45) is 5.92 Å². The standard InChI is InChI=1S/C19H28O/c1-6-12-19(20,13-7-2)16(5)18-10-8-17(9-11-18)14-15(3)4/h6-11,15-16,20H,1-2,12-14H2,3-5H3. The van der Waals surface area contributed by atoms with E-state index in [2.05, 4.69) is 58.2 Å². The van der Waals surface area contributed by atoms with Crippen LogP contribution >= 0.6 is 0 Å². The molecule has 1 unspecified atom stereocenters. The maximum absolute atomic E-state index is 10.8. The predicted molar refractivity (Wildman–Crippen MR) is 88.0 cm³/mol. The summed E-state index contributed by atoms with van der Waals surface area (Å²) < 4.78 is 0. The summed E-state index contributed by atoms with van der Waals surface area (Å²) >= 11 is 0. The lowest BCUT2D eigenvalue weighted by Gasteiger charge is -2.33. The minimum atomic E-state index is -0.789. The molecule has 0 saturated carbocycles. The Bertz CT molecular complexity index is 418. The van der Waals surface area contributed by atoms with Crippen molar-refractivity contribution >= 4 is 0 Å². The molecule has 0 aliphatic heterocycles. The van der Waals surface area contributed by atoms with Crippen molar-refractivity contribution in [2.75, 3.05) is 0 Å². The maximum atomic E-state index is 10.8. The Hall–Kier alpha value is -1.34. The van der Waals surface area contributed by atoms with E-state index in [0.717, 1.165) is 6.42 Å². The van der Waals surface area contributed by atoms with Gasteiger partial charge in [-0.2, -0.15) is 0 Å². The summed E-state index contributed by atoms with van der Waals surface area (Å²) in [6.45, 7) is 14.0. The normalized spacial score (nSPS) is 13.2. The molecule has 1 heteroatoms. The molecule has 1 aromatic rings. The first-order chi connectivity index (χ1) is 9.42. The highest BCUT2D eigenvalue weighted by Gasteiger charge is 2.32. The summed E-state index contributed by atoms with van der Waals surface area (Å²) in [6.07, 6.45) is 5.82. The molecule has 0 bridgehead atoms. The number of rotatable bonds is 8. The Morgan fingerprint density at radius 2 is 1.55 bits per heavy atom. The van der Waals surface area contributed by atoms with E-state index in [0.29, 0.717) is 18.8 Å². The van der Waals surface area contributed by atoms with Gasteiger partial charge in [0.15, 0.2) is 0 Å². The molecule has 0 spiro atoms. The van der Waals surface area contributed by atoms with Crippen LogP contribution in [0.25, 0.3) is 0 Å². The summed E-state index contributed by atoms with van der Waals surface area (Å²) in [5.41, 5.74) is 1.74. The minimum absolute atomic E-state index is 0.0617. The van der Waals surface area contributed by atoms with Gasteiger partial charge in [0.2, 0.25) is 0 Å². The smallest absolute Gasteiger partial charge is 0.0781 e. The van der Waals surface area contributed by atoms with Gasteiger partial charge in [0.05, 0.1) is 5.60 Å². The molecule has 1 rings (SSSR count). The fourth-order valence-electron chi connectivity index (χ4n) is 2.66. The average Bonchev–Trinajstić information content (AvgIpc) is 2.38. The quantitative estimate of drug-likeness (QED) is 0.669. The van der Waals surface area contributed by atoms with E-state index in [4.69, 9.17) is 0 Å². The van der Waals surface area contributed by atoms with Crippen molar-refractivity contribution in [3.63, 3.8) is 0 Å². The van der Waals surface area contributed by atoms with Crippen LogP contribution in [0.3, 0.4) is 0 Å². The van der Waals surface area contributed by atoms with Gasteiger partial charge in [0.25, 0.3) is 0 Å². The third-order valence-electron chi connectivity index (χ3n) is 3.93. The molecule has 0 aliphatic rings. The first kappa shape index (κ1) is 16.7. The zero-order chi connectivity index (χ0) is 15.2. The van der Waals surface area contributed by atoms with Gasteiger partial charge in [-0.1, -0.05) is 57.2 Å². The van der Waals surface area contributed by atoms with Gasteiger partial charge in [-0.25, -0.2) is 0 Å². The summed E-state index contributed by atoms with van der Waals surface area (Å²) in [4.78, 5) is 0. The second kappa shape index (κ2) is 7.44. The summed E-state index contributed by atoms with van der Waals surface area (Å²) in [7, 11) is 0. The van der Waals surface area contributed by atoms with Crippen molar-refractivity contribution in [1.29, 1.82) is 0 Å². The van der Waals surface area contributed by atoms with Crippen LogP contribution < -0.4 is 0 Å². The van der Waals surface area contributed by atoms with Crippen molar-refractivity contribution in [1.82, 2.24) is 0 Å². The SMILES string of the molecule is C=CCC(O)(CC=C)C(C)c1ccc(CC(C)C)cc1. The van der Waals surface area contributed by atoms with Crippen LogP contribution in [0.5, 0.6) is 0 Å². The molecule has 20 heavy (non-hydrogen) atoms. The fourth-order valence-corrected chi connectivity index (χ4v) is 2.66. The van der Waals surface area contributed by atoms with E-state index in [1.54, 1.807) is 12.2 Å². The Morgan fingerprint density at radius 3 is 1.95 bits per heavy atom. The molecule has 0 aromatic heterocycles. The molecule has 1 N–H and O–H groups in total. The zero-order valence-electron chi connectivity index (χ0n) is 13.1. The van der Waals surface area contributed by atoms with Gasteiger partial charge in [-0.05, 0) is 36.3 Å². The lowest BCUT2D eigenvalue weighted by atomic mass is 9.78. The van der Waals surface area contributed by atoms with Gasteiger partial charge in [0.1, 0.15) is 0 Å². The van der Waals surface area contributed by atoms with Crippen LogP contribution in [-0.2, 0) is 6.42 Å². The minimum Gasteiger partial charge on any atom is -0.389 e. The zero-order valence-corrected chi connectivity index (χ0v) is 13.1. The third kappa shape index (κ3) is 4.35. The molecule has 0 heterocycles. The van der Waals surface area contributed by atoms with Gasteiger partial charge in [-0.3, -0.25) is 0 Å². The number of hydrogen-bond donors (Lipinski definition) is 1. The Balaban J connectivity index is 2.91. The van der Waals surface area contributed by atoms with E-state index >= 15 is 0 Å². The summed E-state index contributed by atoms with van der Waals surface area (Å²) in [6, 6.07) is 8.63. The summed E-state index contributed by atoms with van der Waals surface area (Å²) in [5, 5.41) is 10.8. The predicted octanol–water partition coefficient (Wildman–Crippen LogP) is 4.87. The van der Waals surface area contributed by atoms with Gasteiger partial charge in [0, 0.05) is 5.92 Å². The Morgan fingerprint density at radius 1 is 1.05 bits per heavy atom. The van der Waals surface area contributed by atoms with Crippen molar-refractivity contribution in [3.05, 3.63) is 60.7 Å². The Labute approximate surface area is 124 Å². The molecule has 1 nitrogen and oxygen atoms in total. The molecular weight excluding hydrogens is 244 g/mol. The van der Waals surface area contributed by atoms with Crippen LogP contribution in [0.15, 0.2) is 49.6 Å². The second-order valence-corrected chi connectivity index (χ2v) is 6.15. The van der Waals surface area contributed by atoms with Gasteiger partial charge < -0.3 is 5.11 Å². The van der Waals surface area contributed by atoms with Gasteiger partial charge in [-0.15, -0.1) is 13.2 Å². The van der Waals surface area contributed by atoms with E-state index in [-0.39, 0.29) is 5.92 Å². The van der Waals surface area contributed by atoms with E-state index in [9.17, 15) is 5.11 Å². The molecular formula is C19H28O. The van der Waals surface area contributed by atoms with E-state index < -0.39 is 5.60 Å². The fraction of sp³-hybridized carbons (Fsp3) is 0.474.